The van der Waals surface area contributed by atoms with E-state index in [-0.39, 0.29) is 17.4 Å². The molecule has 0 saturated carbocycles. The number of nitrogens with zero attached hydrogens (tertiary/aromatic N) is 3. The fraction of sp³-hybridized carbons (Fsp3) is 0.176. The van der Waals surface area contributed by atoms with Gasteiger partial charge in [-0.05, 0) is 96.5 Å². The first kappa shape index (κ1) is 31.5. The summed E-state index contributed by atoms with van der Waals surface area (Å²) < 4.78 is 7.51. The van der Waals surface area contributed by atoms with Gasteiger partial charge in [0.2, 0.25) is 23.1 Å². The van der Waals surface area contributed by atoms with E-state index in [0.717, 1.165) is 18.5 Å². The maximum atomic E-state index is 5.02. The third-order valence-corrected chi connectivity index (χ3v) is 12.6. The standard InChI is InChI=1S/C51H43N3/c1-31-18-23-45-38-15-10-9-14-37(38)41-22-19-34-26-48-44(40-17-11-16-39-43-27-36(51(3,4)5)21-25-47(43)54(48)50(39)40)28-42(34)46-24-20-35(33-12-7-6-8-13-33)30-52(46)32(2)49(41)53(45)29-31/h6-18,20-21,23-30,41,49H,2,19,22H2,1,3-5H3/q+2. The van der Waals surface area contributed by atoms with Crippen LogP contribution in [0.3, 0.4) is 0 Å². The first-order chi connectivity index (χ1) is 26.2. The van der Waals surface area contributed by atoms with Crippen molar-refractivity contribution in [2.24, 2.45) is 0 Å². The molecule has 260 valence electrons. The molecule has 2 aliphatic heterocycles. The maximum Gasteiger partial charge on any atom is 0.249 e. The number of hydrogen-bond acceptors (Lipinski definition) is 0. The third-order valence-electron chi connectivity index (χ3n) is 12.6. The second kappa shape index (κ2) is 11.2. The van der Waals surface area contributed by atoms with Gasteiger partial charge in [0.15, 0.2) is 12.4 Å². The van der Waals surface area contributed by atoms with Gasteiger partial charge in [-0.25, -0.2) is 0 Å². The molecule has 2 aliphatic rings. The van der Waals surface area contributed by atoms with E-state index in [0.29, 0.717) is 0 Å². The van der Waals surface area contributed by atoms with Gasteiger partial charge in [-0.1, -0.05) is 93.6 Å². The summed E-state index contributed by atoms with van der Waals surface area (Å²) >= 11 is 0. The number of pyridine rings is 2. The molecule has 3 nitrogen and oxygen atoms in total. The van der Waals surface area contributed by atoms with Crippen molar-refractivity contribution in [1.29, 1.82) is 0 Å². The highest BCUT2D eigenvalue weighted by atomic mass is 15.1. The molecule has 0 bridgehead atoms. The molecule has 9 aromatic rings. The van der Waals surface area contributed by atoms with Crippen LogP contribution >= 0.6 is 0 Å². The highest BCUT2D eigenvalue weighted by Gasteiger charge is 2.47. The van der Waals surface area contributed by atoms with E-state index in [2.05, 4.69) is 181 Å². The molecule has 3 heteroatoms. The predicted molar refractivity (Wildman–Crippen MR) is 223 cm³/mol. The molecule has 0 saturated heterocycles. The maximum absolute atomic E-state index is 5.02. The molecule has 0 aliphatic carbocycles. The van der Waals surface area contributed by atoms with Crippen molar-refractivity contribution in [2.75, 3.05) is 0 Å². The summed E-state index contributed by atoms with van der Waals surface area (Å²) in [5.74, 6) is 0.250. The Balaban J connectivity index is 1.21. The molecule has 6 heterocycles. The lowest BCUT2D eigenvalue weighted by atomic mass is 9.78. The summed E-state index contributed by atoms with van der Waals surface area (Å²) in [6.07, 6.45) is 6.66. The fourth-order valence-corrected chi connectivity index (χ4v) is 9.90. The molecule has 11 rings (SSSR count). The predicted octanol–water partition coefficient (Wildman–Crippen LogP) is 11.8. The molecule has 54 heavy (non-hydrogen) atoms. The van der Waals surface area contributed by atoms with Gasteiger partial charge in [-0.3, -0.25) is 0 Å². The molecule has 5 aromatic carbocycles. The lowest BCUT2D eigenvalue weighted by Crippen LogP contribution is -2.53. The minimum Gasteiger partial charge on any atom is -0.308 e. The summed E-state index contributed by atoms with van der Waals surface area (Å²) in [5, 5.41) is 5.29. The van der Waals surface area contributed by atoms with Gasteiger partial charge in [-0.2, -0.15) is 9.13 Å². The van der Waals surface area contributed by atoms with Crippen molar-refractivity contribution in [1.82, 2.24) is 4.40 Å². The lowest BCUT2D eigenvalue weighted by molar-refractivity contribution is -0.727. The first-order valence-electron chi connectivity index (χ1n) is 19.4. The molecule has 0 radical (unpaired) electrons. The smallest absolute Gasteiger partial charge is 0.249 e. The summed E-state index contributed by atoms with van der Waals surface area (Å²) in [4.78, 5) is 0. The van der Waals surface area contributed by atoms with E-state index in [1.807, 2.05) is 0 Å². The van der Waals surface area contributed by atoms with Crippen LogP contribution in [0, 0.1) is 6.92 Å². The number of aryl methyl sites for hydroxylation is 2. The second-order valence-corrected chi connectivity index (χ2v) is 16.8. The molecule has 0 N–H and O–H groups in total. The number of fused-ring (bicyclic) bond motifs is 15. The number of rotatable bonds is 1. The first-order valence-corrected chi connectivity index (χ1v) is 19.4. The van der Waals surface area contributed by atoms with Crippen molar-refractivity contribution in [3.8, 4) is 33.6 Å². The van der Waals surface area contributed by atoms with E-state index in [1.54, 1.807) is 0 Å². The van der Waals surface area contributed by atoms with Crippen LogP contribution in [0.4, 0.5) is 0 Å². The monoisotopic (exact) mass is 697 g/mol. The van der Waals surface area contributed by atoms with Gasteiger partial charge in [0.25, 0.3) is 0 Å². The highest BCUT2D eigenvalue weighted by Crippen LogP contribution is 2.47. The molecule has 2 unspecified atom stereocenters. The quantitative estimate of drug-likeness (QED) is 0.151. The van der Waals surface area contributed by atoms with Gasteiger partial charge >= 0.3 is 0 Å². The zero-order chi connectivity index (χ0) is 36.5. The van der Waals surface area contributed by atoms with Crippen molar-refractivity contribution in [2.45, 2.75) is 57.9 Å². The molecule has 2 atom stereocenters. The van der Waals surface area contributed by atoms with Crippen LogP contribution in [0.5, 0.6) is 0 Å². The van der Waals surface area contributed by atoms with E-state index in [9.17, 15) is 0 Å². The average Bonchev–Trinajstić information content (AvgIpc) is 3.71. The molecule has 0 fully saturated rings. The number of allylic oxidation sites excluding steroid dienone is 1. The van der Waals surface area contributed by atoms with Gasteiger partial charge < -0.3 is 4.40 Å². The Morgan fingerprint density at radius 1 is 0.648 bits per heavy atom. The molecular weight excluding hydrogens is 655 g/mol. The topological polar surface area (TPSA) is 12.2 Å². The summed E-state index contributed by atoms with van der Waals surface area (Å²) in [6.45, 7) is 14.1. The largest absolute Gasteiger partial charge is 0.308 e. The summed E-state index contributed by atoms with van der Waals surface area (Å²) in [6, 6.07) is 48.1. The van der Waals surface area contributed by atoms with Crippen LogP contribution in [0.15, 0.2) is 146 Å². The number of benzene rings is 5. The van der Waals surface area contributed by atoms with Crippen molar-refractivity contribution < 1.29 is 9.13 Å². The molecular formula is C51H43N3+2. The Labute approximate surface area is 316 Å². The molecule has 0 spiro atoms. The summed E-state index contributed by atoms with van der Waals surface area (Å²) in [5.41, 5.74) is 18.0. The van der Waals surface area contributed by atoms with Crippen molar-refractivity contribution in [3.05, 3.63) is 169 Å². The van der Waals surface area contributed by atoms with Crippen LogP contribution in [0.1, 0.15) is 61.4 Å². The highest BCUT2D eigenvalue weighted by molar-refractivity contribution is 6.23. The van der Waals surface area contributed by atoms with Gasteiger partial charge in [0, 0.05) is 50.4 Å². The number of hydrogen-bond donors (Lipinski definition) is 0. The Kier molecular flexibility index (Phi) is 6.54. The average molecular weight is 698 g/mol. The third kappa shape index (κ3) is 4.42. The van der Waals surface area contributed by atoms with Crippen LogP contribution in [-0.4, -0.2) is 4.40 Å². The van der Waals surface area contributed by atoms with E-state index < -0.39 is 0 Å². The van der Waals surface area contributed by atoms with Crippen LogP contribution in [-0.2, 0) is 11.8 Å². The number of aromatic nitrogens is 3. The van der Waals surface area contributed by atoms with Crippen LogP contribution in [0.25, 0.3) is 77.4 Å². The zero-order valence-electron chi connectivity index (χ0n) is 31.4. The zero-order valence-corrected chi connectivity index (χ0v) is 31.4. The summed E-state index contributed by atoms with van der Waals surface area (Å²) in [7, 11) is 0. The molecule has 0 amide bonds. The van der Waals surface area contributed by atoms with E-state index in [4.69, 9.17) is 6.58 Å². The lowest BCUT2D eigenvalue weighted by Gasteiger charge is -2.29. The van der Waals surface area contributed by atoms with Gasteiger partial charge in [0.1, 0.15) is 0 Å². The minimum atomic E-state index is 0.0523. The van der Waals surface area contributed by atoms with Crippen LogP contribution < -0.4 is 9.13 Å². The normalized spacial score (nSPS) is 16.8. The minimum absolute atomic E-state index is 0.0523. The van der Waals surface area contributed by atoms with Crippen molar-refractivity contribution in [3.63, 3.8) is 0 Å². The second-order valence-electron chi connectivity index (χ2n) is 16.8. The Bertz CT molecular complexity index is 3010. The Hall–Kier alpha value is -6.06. The van der Waals surface area contributed by atoms with Gasteiger partial charge in [-0.15, -0.1) is 0 Å². The number of para-hydroxylation sites is 1. The van der Waals surface area contributed by atoms with E-state index in [1.165, 1.54) is 94.0 Å². The molecule has 4 aromatic heterocycles. The Morgan fingerprint density at radius 2 is 1.41 bits per heavy atom. The van der Waals surface area contributed by atoms with E-state index >= 15 is 0 Å². The van der Waals surface area contributed by atoms with Crippen molar-refractivity contribution >= 4 is 43.8 Å². The van der Waals surface area contributed by atoms with Gasteiger partial charge in [0.05, 0.1) is 28.0 Å². The van der Waals surface area contributed by atoms with Crippen LogP contribution in [0.2, 0.25) is 0 Å². The Morgan fingerprint density at radius 3 is 2.22 bits per heavy atom. The fourth-order valence-electron chi connectivity index (χ4n) is 9.90. The SMILES string of the molecule is C=C1C2C(CCc3cc4c(cc3-c3ccc(-c5ccccc5)c[n+]31)c1cccc3c5cc(C(C)(C)C)ccc5n4c31)c1ccccc1-c1ccc(C)c[n+]12.